The fourth-order valence-electron chi connectivity index (χ4n) is 4.09. The maximum absolute atomic E-state index is 12.6. The number of hydrogen-bond acceptors (Lipinski definition) is 4. The van der Waals surface area contributed by atoms with E-state index in [-0.39, 0.29) is 24.7 Å². The lowest BCUT2D eigenvalue weighted by Crippen LogP contribution is -2.40. The molecule has 2 fully saturated rings. The molecule has 1 aromatic rings. The number of hydrogen-bond donors (Lipinski definition) is 1. The van der Waals surface area contributed by atoms with Crippen LogP contribution in [0.4, 0.5) is 5.69 Å². The minimum Gasteiger partial charge on any atom is -0.356 e. The number of carbonyl (C=O) groups excluding carboxylic acids is 2. The van der Waals surface area contributed by atoms with Gasteiger partial charge in [0, 0.05) is 42.6 Å². The Morgan fingerprint density at radius 3 is 2.59 bits per heavy atom. The van der Waals surface area contributed by atoms with Crippen LogP contribution in [0.5, 0.6) is 0 Å². The molecule has 1 N–H and O–H groups in total. The Labute approximate surface area is 165 Å². The van der Waals surface area contributed by atoms with Crippen LogP contribution in [0.1, 0.15) is 38.5 Å². The molecule has 0 unspecified atom stereocenters. The number of thioether (sulfide) groups is 1. The summed E-state index contributed by atoms with van der Waals surface area (Å²) >= 11 is 1.79. The van der Waals surface area contributed by atoms with Gasteiger partial charge in [-0.2, -0.15) is 0 Å². The van der Waals surface area contributed by atoms with Crippen LogP contribution in [0.2, 0.25) is 0 Å². The van der Waals surface area contributed by atoms with Gasteiger partial charge in [-0.25, -0.2) is 0 Å². The fraction of sp³-hybridized carbons (Fsp3) is 0.619. The number of nitrogens with one attached hydrogen (secondary N) is 1. The van der Waals surface area contributed by atoms with E-state index >= 15 is 0 Å². The summed E-state index contributed by atoms with van der Waals surface area (Å²) < 4.78 is 0. The van der Waals surface area contributed by atoms with E-state index in [4.69, 9.17) is 0 Å². The van der Waals surface area contributed by atoms with Gasteiger partial charge in [0.25, 0.3) is 0 Å². The van der Waals surface area contributed by atoms with Crippen molar-refractivity contribution >= 4 is 29.3 Å². The van der Waals surface area contributed by atoms with Gasteiger partial charge < -0.3 is 15.1 Å². The first-order valence-electron chi connectivity index (χ1n) is 10.2. The molecule has 2 aliphatic heterocycles. The van der Waals surface area contributed by atoms with E-state index in [9.17, 15) is 9.59 Å². The monoisotopic (exact) mass is 387 g/mol. The zero-order valence-electron chi connectivity index (χ0n) is 15.9. The third kappa shape index (κ3) is 4.85. The minimum absolute atomic E-state index is 0.00708. The second kappa shape index (κ2) is 8.65. The first kappa shape index (κ1) is 18.8. The zero-order chi connectivity index (χ0) is 18.6. The molecule has 6 heteroatoms. The van der Waals surface area contributed by atoms with Crippen molar-refractivity contribution in [2.24, 2.45) is 5.92 Å². The van der Waals surface area contributed by atoms with Crippen molar-refractivity contribution in [3.05, 3.63) is 24.3 Å². The van der Waals surface area contributed by atoms with Gasteiger partial charge in [-0.15, -0.1) is 11.8 Å². The minimum atomic E-state index is 0.00708. The zero-order valence-corrected chi connectivity index (χ0v) is 16.7. The highest BCUT2D eigenvalue weighted by Gasteiger charge is 2.31. The highest BCUT2D eigenvalue weighted by atomic mass is 32.2. The van der Waals surface area contributed by atoms with Crippen molar-refractivity contribution in [1.82, 2.24) is 10.2 Å². The van der Waals surface area contributed by atoms with Crippen LogP contribution in [0, 0.1) is 5.92 Å². The Morgan fingerprint density at radius 1 is 1.04 bits per heavy atom. The lowest BCUT2D eigenvalue weighted by molar-refractivity contribution is -0.125. The van der Waals surface area contributed by atoms with Gasteiger partial charge in [0.05, 0.1) is 5.69 Å². The van der Waals surface area contributed by atoms with E-state index in [0.29, 0.717) is 5.92 Å². The predicted molar refractivity (Wildman–Crippen MR) is 109 cm³/mol. The fourth-order valence-corrected chi connectivity index (χ4v) is 5.09. The van der Waals surface area contributed by atoms with Gasteiger partial charge >= 0.3 is 0 Å². The van der Waals surface area contributed by atoms with Crippen molar-refractivity contribution in [3.63, 3.8) is 0 Å². The van der Waals surface area contributed by atoms with Gasteiger partial charge in [-0.1, -0.05) is 12.1 Å². The van der Waals surface area contributed by atoms with Crippen molar-refractivity contribution in [2.45, 2.75) is 49.5 Å². The molecule has 0 aromatic heterocycles. The van der Waals surface area contributed by atoms with E-state index in [1.165, 1.54) is 38.8 Å². The molecule has 1 aromatic carbocycles. The standard InChI is InChI=1S/C21H29N3O2S/c25-20(22-15-16-9-11-23(12-10-16)17-5-6-17)7-8-21(26)24-13-14-27-19-4-2-1-3-18(19)24/h1-4,16-17H,5-15H2,(H,22,25). The van der Waals surface area contributed by atoms with E-state index in [1.807, 2.05) is 23.1 Å². The van der Waals surface area contributed by atoms with Crippen LogP contribution in [-0.4, -0.2) is 54.7 Å². The molecule has 2 amide bonds. The number of para-hydroxylation sites is 1. The quantitative estimate of drug-likeness (QED) is 0.815. The predicted octanol–water partition coefficient (Wildman–Crippen LogP) is 2.90. The maximum Gasteiger partial charge on any atom is 0.227 e. The number of anilines is 1. The summed E-state index contributed by atoms with van der Waals surface area (Å²) in [6.45, 7) is 3.84. The summed E-state index contributed by atoms with van der Waals surface area (Å²) in [6, 6.07) is 8.87. The number of amides is 2. The molecule has 27 heavy (non-hydrogen) atoms. The normalized spacial score (nSPS) is 21.0. The molecule has 0 radical (unpaired) electrons. The summed E-state index contributed by atoms with van der Waals surface area (Å²) in [7, 11) is 0. The van der Waals surface area contributed by atoms with Crippen LogP contribution >= 0.6 is 11.8 Å². The Hall–Kier alpha value is -1.53. The van der Waals surface area contributed by atoms with E-state index in [0.717, 1.165) is 35.5 Å². The molecule has 5 nitrogen and oxygen atoms in total. The van der Waals surface area contributed by atoms with Crippen molar-refractivity contribution in [2.75, 3.05) is 36.8 Å². The molecular weight excluding hydrogens is 358 g/mol. The topological polar surface area (TPSA) is 52.7 Å². The Morgan fingerprint density at radius 2 is 1.81 bits per heavy atom. The Bertz CT molecular complexity index is 684. The lowest BCUT2D eigenvalue weighted by atomic mass is 9.96. The van der Waals surface area contributed by atoms with Crippen LogP contribution < -0.4 is 10.2 Å². The van der Waals surface area contributed by atoms with Crippen LogP contribution in [-0.2, 0) is 9.59 Å². The Kier molecular flexibility index (Phi) is 6.03. The molecule has 1 saturated heterocycles. The average molecular weight is 388 g/mol. The molecule has 0 spiro atoms. The molecule has 1 saturated carbocycles. The first-order chi connectivity index (χ1) is 13.2. The van der Waals surface area contributed by atoms with Crippen molar-refractivity contribution < 1.29 is 9.59 Å². The molecular formula is C21H29N3O2S. The molecule has 146 valence electrons. The average Bonchev–Trinajstić information content (AvgIpc) is 3.56. The third-order valence-electron chi connectivity index (χ3n) is 5.90. The van der Waals surface area contributed by atoms with Crippen LogP contribution in [0.25, 0.3) is 0 Å². The van der Waals surface area contributed by atoms with Crippen molar-refractivity contribution in [3.8, 4) is 0 Å². The molecule has 1 aliphatic carbocycles. The van der Waals surface area contributed by atoms with Gasteiger partial charge in [0.15, 0.2) is 0 Å². The van der Waals surface area contributed by atoms with E-state index in [2.05, 4.69) is 16.3 Å². The summed E-state index contributed by atoms with van der Waals surface area (Å²) in [5.74, 6) is 1.56. The van der Waals surface area contributed by atoms with Gasteiger partial charge in [-0.3, -0.25) is 9.59 Å². The number of fused-ring (bicyclic) bond motifs is 1. The highest BCUT2D eigenvalue weighted by molar-refractivity contribution is 7.99. The lowest BCUT2D eigenvalue weighted by Gasteiger charge is -2.32. The molecule has 2 heterocycles. The molecule has 0 bridgehead atoms. The Balaban J connectivity index is 1.18. The van der Waals surface area contributed by atoms with Crippen LogP contribution in [0.3, 0.4) is 0 Å². The summed E-state index contributed by atoms with van der Waals surface area (Å²) in [6.07, 6.45) is 5.66. The van der Waals surface area contributed by atoms with Gasteiger partial charge in [0.2, 0.25) is 11.8 Å². The number of piperidine rings is 1. The number of benzene rings is 1. The van der Waals surface area contributed by atoms with Crippen molar-refractivity contribution in [1.29, 1.82) is 0 Å². The number of likely N-dealkylation sites (tertiary alicyclic amines) is 1. The number of rotatable bonds is 6. The molecule has 3 aliphatic rings. The number of carbonyl (C=O) groups is 2. The van der Waals surface area contributed by atoms with Crippen LogP contribution in [0.15, 0.2) is 29.2 Å². The van der Waals surface area contributed by atoms with Gasteiger partial charge in [-0.05, 0) is 56.8 Å². The first-order valence-corrected chi connectivity index (χ1v) is 11.2. The van der Waals surface area contributed by atoms with Gasteiger partial charge in [0.1, 0.15) is 0 Å². The number of nitrogens with zero attached hydrogens (tertiary/aromatic N) is 2. The molecule has 4 rings (SSSR count). The smallest absolute Gasteiger partial charge is 0.227 e. The summed E-state index contributed by atoms with van der Waals surface area (Å²) in [4.78, 5) is 30.4. The third-order valence-corrected chi connectivity index (χ3v) is 6.94. The highest BCUT2D eigenvalue weighted by Crippen LogP contribution is 2.34. The second-order valence-corrected chi connectivity index (χ2v) is 9.01. The SMILES string of the molecule is O=C(CCC(=O)N1CCSc2ccccc21)NCC1CCN(C2CC2)CC1. The van der Waals surface area contributed by atoms with E-state index in [1.54, 1.807) is 11.8 Å². The van der Waals surface area contributed by atoms with E-state index < -0.39 is 0 Å². The maximum atomic E-state index is 12.6. The second-order valence-electron chi connectivity index (χ2n) is 7.88. The largest absolute Gasteiger partial charge is 0.356 e. The summed E-state index contributed by atoms with van der Waals surface area (Å²) in [5, 5.41) is 3.06. The summed E-state index contributed by atoms with van der Waals surface area (Å²) in [5.41, 5.74) is 0.988. The molecule has 0 atom stereocenters.